The molecule has 0 unspecified atom stereocenters. The maximum Gasteiger partial charge on any atom is 0.0853 e. The first-order valence-electron chi connectivity index (χ1n) is 10.4. The summed E-state index contributed by atoms with van der Waals surface area (Å²) in [6.07, 6.45) is 5.84. The van der Waals surface area contributed by atoms with Gasteiger partial charge in [-0.1, -0.05) is 25.1 Å². The largest absolute Gasteiger partial charge is 0.390 e. The first kappa shape index (κ1) is 20.0. The van der Waals surface area contributed by atoms with E-state index >= 15 is 0 Å². The second-order valence-electron chi connectivity index (χ2n) is 7.53. The van der Waals surface area contributed by atoms with Crippen LogP contribution in [0, 0.1) is 6.92 Å². The number of aryl methyl sites for hydroxylation is 2. The Hall–Kier alpha value is -3.31. The van der Waals surface area contributed by atoms with Crippen LogP contribution in [0.3, 0.4) is 0 Å². The highest BCUT2D eigenvalue weighted by Gasteiger charge is 2.07. The maximum absolute atomic E-state index is 9.24. The minimum Gasteiger partial charge on any atom is -0.390 e. The number of pyridine rings is 1. The lowest BCUT2D eigenvalue weighted by Gasteiger charge is -2.13. The van der Waals surface area contributed by atoms with Crippen molar-refractivity contribution >= 4 is 28.0 Å². The molecule has 2 aromatic heterocycles. The van der Waals surface area contributed by atoms with Gasteiger partial charge in [0.1, 0.15) is 0 Å². The van der Waals surface area contributed by atoms with Crippen molar-refractivity contribution in [2.24, 2.45) is 0 Å². The maximum atomic E-state index is 9.24. The highest BCUT2D eigenvalue weighted by atomic mass is 16.3. The third-order valence-electron chi connectivity index (χ3n) is 5.47. The number of H-pyrrole nitrogens is 1. The van der Waals surface area contributed by atoms with E-state index in [1.807, 2.05) is 12.1 Å². The molecule has 4 aromatic rings. The van der Waals surface area contributed by atoms with Crippen molar-refractivity contribution in [3.63, 3.8) is 0 Å². The first-order chi connectivity index (χ1) is 14.7. The molecule has 30 heavy (non-hydrogen) atoms. The fraction of sp³-hybridized carbons (Fsp3) is 0.240. The van der Waals surface area contributed by atoms with Gasteiger partial charge >= 0.3 is 0 Å². The summed E-state index contributed by atoms with van der Waals surface area (Å²) in [5.41, 5.74) is 8.88. The van der Waals surface area contributed by atoms with Crippen LogP contribution in [0.15, 0.2) is 60.9 Å². The number of nitrogens with zero attached hydrogens (tertiary/aromatic N) is 1. The number of aromatic nitrogens is 2. The Morgan fingerprint density at radius 2 is 1.90 bits per heavy atom. The predicted molar refractivity (Wildman–Crippen MR) is 124 cm³/mol. The minimum atomic E-state index is -0.0619. The predicted octanol–water partition coefficient (Wildman–Crippen LogP) is 5.32. The number of aliphatic hydroxyl groups is 1. The molecule has 4 N–H and O–H groups in total. The van der Waals surface area contributed by atoms with E-state index < -0.39 is 0 Å². The Labute approximate surface area is 177 Å². The van der Waals surface area contributed by atoms with Gasteiger partial charge in [0.2, 0.25) is 0 Å². The van der Waals surface area contributed by atoms with Crippen LogP contribution >= 0.6 is 0 Å². The van der Waals surface area contributed by atoms with Gasteiger partial charge in [-0.25, -0.2) is 0 Å². The number of rotatable bonds is 8. The number of benzene rings is 2. The molecule has 0 saturated carbocycles. The van der Waals surface area contributed by atoms with Gasteiger partial charge in [-0.05, 0) is 66.8 Å². The van der Waals surface area contributed by atoms with Crippen molar-refractivity contribution in [2.45, 2.75) is 33.3 Å². The number of nitrogens with one attached hydrogen (secondary N) is 3. The molecule has 2 aromatic carbocycles. The molecule has 2 heterocycles. The van der Waals surface area contributed by atoms with E-state index in [1.165, 1.54) is 27.6 Å². The SMILES string of the molecule is CCc1cccc2c(CCNc3ccc(Nc4ccnc(CO)c4)cc3C)c[nH]c12. The van der Waals surface area contributed by atoms with Crippen LogP contribution in [-0.4, -0.2) is 21.6 Å². The zero-order chi connectivity index (χ0) is 20.9. The van der Waals surface area contributed by atoms with E-state index in [-0.39, 0.29) is 6.61 Å². The molecule has 0 aliphatic heterocycles. The molecule has 0 aliphatic rings. The van der Waals surface area contributed by atoms with Crippen LogP contribution in [0.4, 0.5) is 17.1 Å². The highest BCUT2D eigenvalue weighted by Crippen LogP contribution is 2.25. The number of fused-ring (bicyclic) bond motifs is 1. The Morgan fingerprint density at radius 3 is 2.70 bits per heavy atom. The number of hydrogen-bond acceptors (Lipinski definition) is 4. The Kier molecular flexibility index (Phi) is 6.00. The standard InChI is InChI=1S/C25H28N4O/c1-3-18-5-4-6-23-19(15-28-25(18)23)9-11-27-24-8-7-20(13-17(24)2)29-21-10-12-26-22(14-21)16-30/h4-8,10,12-15,27-28,30H,3,9,11,16H2,1-2H3,(H,26,29). The molecule has 0 fully saturated rings. The summed E-state index contributed by atoms with van der Waals surface area (Å²) in [5.74, 6) is 0. The van der Waals surface area contributed by atoms with E-state index in [0.29, 0.717) is 5.69 Å². The van der Waals surface area contributed by atoms with Gasteiger partial charge in [-0.15, -0.1) is 0 Å². The number of aromatic amines is 1. The second-order valence-corrected chi connectivity index (χ2v) is 7.53. The van der Waals surface area contributed by atoms with Crippen molar-refractivity contribution in [1.82, 2.24) is 9.97 Å². The van der Waals surface area contributed by atoms with Gasteiger partial charge < -0.3 is 20.7 Å². The smallest absolute Gasteiger partial charge is 0.0853 e. The molecular weight excluding hydrogens is 372 g/mol. The summed E-state index contributed by atoms with van der Waals surface area (Å²) in [6, 6.07) is 16.6. The normalized spacial score (nSPS) is 11.0. The molecule has 5 heteroatoms. The van der Waals surface area contributed by atoms with E-state index in [2.05, 4.69) is 77.0 Å². The van der Waals surface area contributed by atoms with Crippen LogP contribution in [0.1, 0.15) is 29.3 Å². The van der Waals surface area contributed by atoms with E-state index in [9.17, 15) is 5.11 Å². The summed E-state index contributed by atoms with van der Waals surface area (Å²) in [7, 11) is 0. The van der Waals surface area contributed by atoms with E-state index in [4.69, 9.17) is 0 Å². The molecule has 0 bridgehead atoms. The molecule has 5 nitrogen and oxygen atoms in total. The van der Waals surface area contributed by atoms with Crippen LogP contribution < -0.4 is 10.6 Å². The van der Waals surface area contributed by atoms with Crippen LogP contribution in [-0.2, 0) is 19.4 Å². The molecule has 0 atom stereocenters. The summed E-state index contributed by atoms with van der Waals surface area (Å²) in [6.45, 7) is 5.12. The fourth-order valence-electron chi connectivity index (χ4n) is 3.86. The van der Waals surface area contributed by atoms with Gasteiger partial charge in [-0.3, -0.25) is 4.98 Å². The monoisotopic (exact) mass is 400 g/mol. The molecule has 0 aliphatic carbocycles. The molecule has 0 amide bonds. The fourth-order valence-corrected chi connectivity index (χ4v) is 3.86. The van der Waals surface area contributed by atoms with Crippen molar-refractivity contribution in [1.29, 1.82) is 0 Å². The lowest BCUT2D eigenvalue weighted by Crippen LogP contribution is -2.06. The van der Waals surface area contributed by atoms with Crippen LogP contribution in [0.2, 0.25) is 0 Å². The number of hydrogen-bond donors (Lipinski definition) is 4. The summed E-state index contributed by atoms with van der Waals surface area (Å²) >= 11 is 0. The van der Waals surface area contributed by atoms with Gasteiger partial charge in [-0.2, -0.15) is 0 Å². The average molecular weight is 401 g/mol. The van der Waals surface area contributed by atoms with Gasteiger partial charge in [0.05, 0.1) is 12.3 Å². The number of anilines is 3. The minimum absolute atomic E-state index is 0.0619. The van der Waals surface area contributed by atoms with Crippen molar-refractivity contribution in [3.8, 4) is 0 Å². The van der Waals surface area contributed by atoms with Crippen molar-refractivity contribution in [2.75, 3.05) is 17.2 Å². The lowest BCUT2D eigenvalue weighted by atomic mass is 10.1. The molecule has 0 spiro atoms. The average Bonchev–Trinajstić information content (AvgIpc) is 3.18. The van der Waals surface area contributed by atoms with Crippen LogP contribution in [0.25, 0.3) is 10.9 Å². The molecule has 4 rings (SSSR count). The molecule has 0 saturated heterocycles. The molecule has 154 valence electrons. The third-order valence-corrected chi connectivity index (χ3v) is 5.47. The summed E-state index contributed by atoms with van der Waals surface area (Å²) in [5, 5.41) is 17.5. The second kappa shape index (κ2) is 9.01. The molecule has 0 radical (unpaired) electrons. The van der Waals surface area contributed by atoms with Crippen molar-refractivity contribution in [3.05, 3.63) is 83.3 Å². The summed E-state index contributed by atoms with van der Waals surface area (Å²) in [4.78, 5) is 7.56. The van der Waals surface area contributed by atoms with E-state index in [1.54, 1.807) is 6.20 Å². The van der Waals surface area contributed by atoms with Gasteiger partial charge in [0.15, 0.2) is 0 Å². The quantitative estimate of drug-likeness (QED) is 0.323. The highest BCUT2D eigenvalue weighted by molar-refractivity contribution is 5.86. The summed E-state index contributed by atoms with van der Waals surface area (Å²) < 4.78 is 0. The van der Waals surface area contributed by atoms with Crippen molar-refractivity contribution < 1.29 is 5.11 Å². The lowest BCUT2D eigenvalue weighted by molar-refractivity contribution is 0.277. The van der Waals surface area contributed by atoms with Gasteiger partial charge in [0, 0.05) is 46.9 Å². The number of aliphatic hydroxyl groups excluding tert-OH is 1. The van der Waals surface area contributed by atoms with Crippen LogP contribution in [0.5, 0.6) is 0 Å². The van der Waals surface area contributed by atoms with E-state index in [0.717, 1.165) is 36.4 Å². The zero-order valence-electron chi connectivity index (χ0n) is 17.5. The zero-order valence-corrected chi connectivity index (χ0v) is 17.5. The molecular formula is C25H28N4O. The Bertz CT molecular complexity index is 1150. The first-order valence-corrected chi connectivity index (χ1v) is 10.4. The Balaban J connectivity index is 1.40. The third kappa shape index (κ3) is 4.31. The van der Waals surface area contributed by atoms with Gasteiger partial charge in [0.25, 0.3) is 0 Å². The Morgan fingerprint density at radius 1 is 1.03 bits per heavy atom. The number of para-hydroxylation sites is 1. The topological polar surface area (TPSA) is 73.0 Å².